The summed E-state index contributed by atoms with van der Waals surface area (Å²) in [7, 11) is 0. The van der Waals surface area contributed by atoms with Crippen molar-refractivity contribution in [1.29, 1.82) is 0 Å². The summed E-state index contributed by atoms with van der Waals surface area (Å²) in [6.07, 6.45) is 4.40. The van der Waals surface area contributed by atoms with Gasteiger partial charge in [0.2, 0.25) is 0 Å². The van der Waals surface area contributed by atoms with Crippen LogP contribution in [-0.2, 0) is 0 Å². The van der Waals surface area contributed by atoms with Crippen LogP contribution in [0.4, 0.5) is 0 Å². The van der Waals surface area contributed by atoms with Crippen LogP contribution in [0.25, 0.3) is 0 Å². The molecule has 3 aliphatic rings. The van der Waals surface area contributed by atoms with Gasteiger partial charge in [0.05, 0.1) is 0 Å². The Labute approximate surface area is 112 Å². The van der Waals surface area contributed by atoms with Crippen LogP contribution in [0.1, 0.15) is 40.0 Å². The first-order chi connectivity index (χ1) is 7.56. The highest BCUT2D eigenvalue weighted by atomic mass is 35.5. The quantitative estimate of drug-likeness (QED) is 0.778. The lowest BCUT2D eigenvalue weighted by atomic mass is 9.68. The fraction of sp³-hybridized carbons (Fsp3) is 1.00. The third-order valence-corrected chi connectivity index (χ3v) is 6.34. The third-order valence-electron chi connectivity index (χ3n) is 6.34. The normalized spacial score (nSPS) is 44.6. The van der Waals surface area contributed by atoms with Crippen LogP contribution in [0.5, 0.6) is 0 Å². The van der Waals surface area contributed by atoms with Gasteiger partial charge in [-0.25, -0.2) is 0 Å². The van der Waals surface area contributed by atoms with E-state index >= 15 is 0 Å². The van der Waals surface area contributed by atoms with E-state index in [4.69, 9.17) is 0 Å². The molecule has 100 valence electrons. The molecule has 2 saturated carbocycles. The molecule has 1 heterocycles. The zero-order valence-electron chi connectivity index (χ0n) is 11.5. The molecule has 3 fully saturated rings. The molecule has 0 aromatic rings. The largest absolute Gasteiger partial charge is 0.314 e. The van der Waals surface area contributed by atoms with Crippen LogP contribution < -0.4 is 5.32 Å². The summed E-state index contributed by atoms with van der Waals surface area (Å²) in [5.74, 6) is 0.984. The lowest BCUT2D eigenvalue weighted by Crippen LogP contribution is -2.54. The molecule has 0 spiro atoms. The Balaban J connectivity index is 0.00000108. The summed E-state index contributed by atoms with van der Waals surface area (Å²) in [6, 6.07) is 0.864. The molecule has 0 aromatic heterocycles. The van der Waals surface area contributed by atoms with E-state index in [2.05, 4.69) is 31.0 Å². The van der Waals surface area contributed by atoms with Crippen molar-refractivity contribution >= 4 is 12.4 Å². The zero-order chi connectivity index (χ0) is 11.4. The first kappa shape index (κ1) is 13.6. The predicted molar refractivity (Wildman–Crippen MR) is 74.7 cm³/mol. The Kier molecular flexibility index (Phi) is 3.53. The second-order valence-corrected chi connectivity index (χ2v) is 6.91. The minimum Gasteiger partial charge on any atom is -0.314 e. The van der Waals surface area contributed by atoms with Crippen molar-refractivity contribution < 1.29 is 0 Å². The second kappa shape index (κ2) is 4.40. The fourth-order valence-corrected chi connectivity index (χ4v) is 4.71. The summed E-state index contributed by atoms with van der Waals surface area (Å²) in [4.78, 5) is 2.78. The molecular weight excluding hydrogens is 232 g/mol. The van der Waals surface area contributed by atoms with Crippen molar-refractivity contribution in [3.63, 3.8) is 0 Å². The van der Waals surface area contributed by atoms with Crippen LogP contribution in [0.3, 0.4) is 0 Å². The minimum atomic E-state index is 0. The number of hydrogen-bond donors (Lipinski definition) is 1. The molecule has 3 unspecified atom stereocenters. The van der Waals surface area contributed by atoms with E-state index in [9.17, 15) is 0 Å². The van der Waals surface area contributed by atoms with Gasteiger partial charge >= 0.3 is 0 Å². The second-order valence-electron chi connectivity index (χ2n) is 6.91. The predicted octanol–water partition coefficient (Wildman–Crippen LogP) is 2.53. The first-order valence-corrected chi connectivity index (χ1v) is 7.00. The van der Waals surface area contributed by atoms with Gasteiger partial charge in [-0.05, 0) is 36.0 Å². The number of hydrogen-bond acceptors (Lipinski definition) is 2. The standard InChI is InChI=1S/C14H26N2.ClH/c1-13(2)11-4-5-14(13,3)12(10-11)16-8-6-15-7-9-16;/h11-12,15H,4-10H2,1-3H3;1H. The van der Waals surface area contributed by atoms with Gasteiger partial charge in [0.25, 0.3) is 0 Å². The summed E-state index contributed by atoms with van der Waals surface area (Å²) in [5.41, 5.74) is 1.15. The molecule has 0 aromatic carbocycles. The molecule has 3 atom stereocenters. The van der Waals surface area contributed by atoms with Gasteiger partial charge in [-0.1, -0.05) is 20.8 Å². The maximum Gasteiger partial charge on any atom is 0.0158 e. The van der Waals surface area contributed by atoms with Gasteiger partial charge in [-0.2, -0.15) is 0 Å². The molecular formula is C14H27ClN2. The van der Waals surface area contributed by atoms with Crippen LogP contribution in [0.15, 0.2) is 0 Å². The highest BCUT2D eigenvalue weighted by Gasteiger charge is 2.62. The monoisotopic (exact) mass is 258 g/mol. The summed E-state index contributed by atoms with van der Waals surface area (Å²) in [6.45, 7) is 12.5. The fourth-order valence-electron chi connectivity index (χ4n) is 4.71. The Hall–Kier alpha value is 0.210. The van der Waals surface area contributed by atoms with E-state index in [1.807, 2.05) is 0 Å². The van der Waals surface area contributed by atoms with Crippen LogP contribution in [-0.4, -0.2) is 37.1 Å². The van der Waals surface area contributed by atoms with Crippen LogP contribution in [0.2, 0.25) is 0 Å². The maximum absolute atomic E-state index is 3.47. The number of halogens is 1. The number of rotatable bonds is 1. The van der Waals surface area contributed by atoms with Gasteiger partial charge in [0.15, 0.2) is 0 Å². The topological polar surface area (TPSA) is 15.3 Å². The molecule has 2 aliphatic carbocycles. The third kappa shape index (κ3) is 1.75. The Morgan fingerprint density at radius 1 is 1.12 bits per heavy atom. The first-order valence-electron chi connectivity index (χ1n) is 7.00. The summed E-state index contributed by atoms with van der Waals surface area (Å²) in [5, 5.41) is 3.47. The van der Waals surface area contributed by atoms with E-state index in [-0.39, 0.29) is 12.4 Å². The molecule has 1 saturated heterocycles. The van der Waals surface area contributed by atoms with Crippen LogP contribution in [0, 0.1) is 16.7 Å². The Morgan fingerprint density at radius 2 is 1.76 bits per heavy atom. The summed E-state index contributed by atoms with van der Waals surface area (Å²) >= 11 is 0. The van der Waals surface area contributed by atoms with Crippen molar-refractivity contribution in [2.75, 3.05) is 26.2 Å². The van der Waals surface area contributed by atoms with Crippen LogP contribution >= 0.6 is 12.4 Å². The van der Waals surface area contributed by atoms with Gasteiger partial charge < -0.3 is 5.32 Å². The lowest BCUT2D eigenvalue weighted by molar-refractivity contribution is 0.0363. The number of piperazine rings is 1. The molecule has 1 aliphatic heterocycles. The van der Waals surface area contributed by atoms with Crippen molar-refractivity contribution in [3.05, 3.63) is 0 Å². The Morgan fingerprint density at radius 3 is 2.24 bits per heavy atom. The molecule has 2 nitrogen and oxygen atoms in total. The average Bonchev–Trinajstić information content (AvgIpc) is 2.62. The average molecular weight is 259 g/mol. The SMILES string of the molecule is CC1(C)C2CCC1(C)C(N1CCNCC1)C2.Cl. The maximum atomic E-state index is 3.47. The van der Waals surface area contributed by atoms with Crippen molar-refractivity contribution in [2.45, 2.75) is 46.1 Å². The highest BCUT2D eigenvalue weighted by molar-refractivity contribution is 5.85. The molecule has 1 N–H and O–H groups in total. The van der Waals surface area contributed by atoms with E-state index in [1.54, 1.807) is 0 Å². The Bertz CT molecular complexity index is 286. The minimum absolute atomic E-state index is 0. The zero-order valence-corrected chi connectivity index (χ0v) is 12.3. The molecule has 0 radical (unpaired) electrons. The number of fused-ring (bicyclic) bond motifs is 2. The van der Waals surface area contributed by atoms with E-state index in [1.165, 1.54) is 45.4 Å². The van der Waals surface area contributed by atoms with E-state index in [0.717, 1.165) is 12.0 Å². The van der Waals surface area contributed by atoms with Gasteiger partial charge in [0.1, 0.15) is 0 Å². The summed E-state index contributed by atoms with van der Waals surface area (Å²) < 4.78 is 0. The molecule has 3 rings (SSSR count). The smallest absolute Gasteiger partial charge is 0.0158 e. The lowest BCUT2D eigenvalue weighted by Gasteiger charge is -2.46. The number of nitrogens with one attached hydrogen (secondary N) is 1. The highest BCUT2D eigenvalue weighted by Crippen LogP contribution is 2.66. The molecule has 0 amide bonds. The van der Waals surface area contributed by atoms with Crippen molar-refractivity contribution in [3.8, 4) is 0 Å². The van der Waals surface area contributed by atoms with Gasteiger partial charge in [-0.3, -0.25) is 4.90 Å². The molecule has 3 heteroatoms. The van der Waals surface area contributed by atoms with Crippen molar-refractivity contribution in [2.24, 2.45) is 16.7 Å². The van der Waals surface area contributed by atoms with Crippen molar-refractivity contribution in [1.82, 2.24) is 10.2 Å². The van der Waals surface area contributed by atoms with Gasteiger partial charge in [0, 0.05) is 32.2 Å². The number of nitrogens with zero attached hydrogens (tertiary/aromatic N) is 1. The van der Waals surface area contributed by atoms with Gasteiger partial charge in [-0.15, -0.1) is 12.4 Å². The van der Waals surface area contributed by atoms with E-state index < -0.39 is 0 Å². The molecule has 17 heavy (non-hydrogen) atoms. The molecule has 2 bridgehead atoms. The van der Waals surface area contributed by atoms with E-state index in [0.29, 0.717) is 10.8 Å².